The van der Waals surface area contributed by atoms with Crippen LogP contribution < -0.4 is 11.3 Å². The minimum Gasteiger partial charge on any atom is -0.379 e. The van der Waals surface area contributed by atoms with Crippen LogP contribution in [0, 0.1) is 5.92 Å². The Bertz CT molecular complexity index is 256. The molecule has 0 spiro atoms. The van der Waals surface area contributed by atoms with Crippen molar-refractivity contribution in [3.05, 3.63) is 0 Å². The lowest BCUT2D eigenvalue weighted by atomic mass is 9.83. The van der Waals surface area contributed by atoms with Crippen molar-refractivity contribution in [2.75, 3.05) is 13.2 Å². The third kappa shape index (κ3) is 3.66. The van der Waals surface area contributed by atoms with Crippen molar-refractivity contribution in [3.63, 3.8) is 0 Å². The van der Waals surface area contributed by atoms with Crippen LogP contribution in [0.25, 0.3) is 0 Å². The number of nitrogens with one attached hydrogen (secondary N) is 1. The lowest BCUT2D eigenvalue weighted by Crippen LogP contribution is -2.39. The first-order valence-electron chi connectivity index (χ1n) is 6.53. The average molecular weight is 242 g/mol. The van der Waals surface area contributed by atoms with Gasteiger partial charge in [0.2, 0.25) is 0 Å². The predicted octanol–water partition coefficient (Wildman–Crippen LogP) is 0.731. The highest BCUT2D eigenvalue weighted by molar-refractivity contribution is 5.80. The van der Waals surface area contributed by atoms with E-state index in [1.807, 2.05) is 0 Å². The molecule has 0 radical (unpaired) electrons. The second-order valence-electron chi connectivity index (χ2n) is 4.99. The van der Waals surface area contributed by atoms with Gasteiger partial charge in [0.05, 0.1) is 12.7 Å². The summed E-state index contributed by atoms with van der Waals surface area (Å²) in [5, 5.41) is 0. The van der Waals surface area contributed by atoms with Gasteiger partial charge in [-0.05, 0) is 25.2 Å². The number of hydrazine groups is 1. The van der Waals surface area contributed by atoms with Gasteiger partial charge in [-0.2, -0.15) is 0 Å². The molecule has 3 N–H and O–H groups in total. The fourth-order valence-corrected chi connectivity index (χ4v) is 2.36. The number of hydrogen-bond acceptors (Lipinski definition) is 4. The maximum atomic E-state index is 11.2. The number of hydrogen-bond donors (Lipinski definition) is 2. The molecule has 1 heterocycles. The molecular weight excluding hydrogens is 220 g/mol. The first-order valence-corrected chi connectivity index (χ1v) is 6.53. The summed E-state index contributed by atoms with van der Waals surface area (Å²) in [5.74, 6) is 5.71. The number of carbonyl (C=O) groups excluding carboxylic acids is 1. The smallest absolute Gasteiger partial charge is 0.263 e. The Hall–Kier alpha value is -0.650. The van der Waals surface area contributed by atoms with Gasteiger partial charge in [0.25, 0.3) is 5.91 Å². The number of carbonyl (C=O) groups is 1. The molecule has 2 fully saturated rings. The Kier molecular flexibility index (Phi) is 4.76. The Morgan fingerprint density at radius 3 is 2.82 bits per heavy atom. The van der Waals surface area contributed by atoms with Crippen molar-refractivity contribution in [1.82, 2.24) is 5.43 Å². The van der Waals surface area contributed by atoms with Crippen LogP contribution in [-0.4, -0.2) is 31.3 Å². The summed E-state index contributed by atoms with van der Waals surface area (Å²) >= 11 is 0. The molecule has 98 valence electrons. The molecule has 1 amide bonds. The van der Waals surface area contributed by atoms with Crippen molar-refractivity contribution in [3.8, 4) is 0 Å². The van der Waals surface area contributed by atoms with Gasteiger partial charge in [-0.25, -0.2) is 5.84 Å². The molecule has 2 atom stereocenters. The maximum absolute atomic E-state index is 11.2. The van der Waals surface area contributed by atoms with Gasteiger partial charge in [0.1, 0.15) is 6.10 Å². The van der Waals surface area contributed by atoms with E-state index in [0.717, 1.165) is 25.4 Å². The third-order valence-electron chi connectivity index (χ3n) is 3.74. The maximum Gasteiger partial charge on any atom is 0.263 e. The Morgan fingerprint density at radius 2 is 2.18 bits per heavy atom. The predicted molar refractivity (Wildman–Crippen MR) is 63.0 cm³/mol. The normalized spacial score (nSPS) is 29.0. The lowest BCUT2D eigenvalue weighted by Gasteiger charge is -2.25. The summed E-state index contributed by atoms with van der Waals surface area (Å²) in [7, 11) is 0. The van der Waals surface area contributed by atoms with E-state index in [-0.39, 0.29) is 18.1 Å². The molecule has 0 bridgehead atoms. The number of rotatable bonds is 6. The van der Waals surface area contributed by atoms with Crippen LogP contribution in [0.3, 0.4) is 0 Å². The molecule has 17 heavy (non-hydrogen) atoms. The van der Waals surface area contributed by atoms with Gasteiger partial charge < -0.3 is 9.47 Å². The van der Waals surface area contributed by atoms with E-state index in [9.17, 15) is 4.79 Å². The molecule has 2 rings (SSSR count). The van der Waals surface area contributed by atoms with E-state index in [0.29, 0.717) is 6.61 Å². The van der Waals surface area contributed by atoms with E-state index in [4.69, 9.17) is 15.3 Å². The first-order chi connectivity index (χ1) is 8.29. The van der Waals surface area contributed by atoms with Gasteiger partial charge in [-0.1, -0.05) is 19.3 Å². The molecule has 1 aliphatic carbocycles. The number of ether oxygens (including phenoxy) is 2. The standard InChI is InChI=1S/C12H22N2O3/c13-14-12(15)11-5-4-10(17-11)8-16-7-6-9-2-1-3-9/h9-11H,1-8,13H2,(H,14,15). The van der Waals surface area contributed by atoms with E-state index in [1.165, 1.54) is 25.7 Å². The molecule has 1 saturated carbocycles. The van der Waals surface area contributed by atoms with Crippen LogP contribution >= 0.6 is 0 Å². The zero-order valence-electron chi connectivity index (χ0n) is 10.2. The van der Waals surface area contributed by atoms with Gasteiger partial charge in [0, 0.05) is 6.61 Å². The molecule has 5 heteroatoms. The molecule has 0 aromatic rings. The summed E-state index contributed by atoms with van der Waals surface area (Å²) in [6.07, 6.45) is 6.55. The molecular formula is C12H22N2O3. The Labute approximate surface area is 102 Å². The van der Waals surface area contributed by atoms with Crippen molar-refractivity contribution in [2.24, 2.45) is 11.8 Å². The first kappa shape index (κ1) is 12.8. The largest absolute Gasteiger partial charge is 0.379 e. The van der Waals surface area contributed by atoms with Gasteiger partial charge in [-0.3, -0.25) is 10.2 Å². The molecule has 1 saturated heterocycles. The summed E-state index contributed by atoms with van der Waals surface area (Å²) in [6, 6.07) is 0. The average Bonchev–Trinajstić information content (AvgIpc) is 2.74. The van der Waals surface area contributed by atoms with Crippen LogP contribution in [0.1, 0.15) is 38.5 Å². The zero-order chi connectivity index (χ0) is 12.1. The van der Waals surface area contributed by atoms with Crippen LogP contribution in [0.2, 0.25) is 0 Å². The van der Waals surface area contributed by atoms with E-state index in [1.54, 1.807) is 0 Å². The van der Waals surface area contributed by atoms with Crippen LogP contribution in [-0.2, 0) is 14.3 Å². The molecule has 0 aromatic carbocycles. The number of nitrogens with two attached hydrogens (primary N) is 1. The van der Waals surface area contributed by atoms with Crippen molar-refractivity contribution in [1.29, 1.82) is 0 Å². The van der Waals surface area contributed by atoms with Gasteiger partial charge in [0.15, 0.2) is 0 Å². The van der Waals surface area contributed by atoms with Crippen LogP contribution in [0.4, 0.5) is 0 Å². The monoisotopic (exact) mass is 242 g/mol. The Morgan fingerprint density at radius 1 is 1.35 bits per heavy atom. The van der Waals surface area contributed by atoms with Gasteiger partial charge in [-0.15, -0.1) is 0 Å². The summed E-state index contributed by atoms with van der Waals surface area (Å²) in [5.41, 5.74) is 2.12. The summed E-state index contributed by atoms with van der Waals surface area (Å²) in [6.45, 7) is 1.42. The number of amides is 1. The van der Waals surface area contributed by atoms with Gasteiger partial charge >= 0.3 is 0 Å². The quantitative estimate of drug-likeness (QED) is 0.312. The third-order valence-corrected chi connectivity index (χ3v) is 3.74. The van der Waals surface area contributed by atoms with Crippen LogP contribution in [0.15, 0.2) is 0 Å². The minimum absolute atomic E-state index is 0.0543. The second-order valence-corrected chi connectivity index (χ2v) is 4.99. The molecule has 0 aromatic heterocycles. The van der Waals surface area contributed by atoms with Crippen molar-refractivity contribution < 1.29 is 14.3 Å². The molecule has 2 unspecified atom stereocenters. The highest BCUT2D eigenvalue weighted by Gasteiger charge is 2.30. The Balaban J connectivity index is 1.53. The fourth-order valence-electron chi connectivity index (χ4n) is 2.36. The van der Waals surface area contributed by atoms with Crippen molar-refractivity contribution in [2.45, 2.75) is 50.7 Å². The SMILES string of the molecule is NNC(=O)C1CCC(COCCC2CCC2)O1. The zero-order valence-corrected chi connectivity index (χ0v) is 10.2. The van der Waals surface area contributed by atoms with Crippen LogP contribution in [0.5, 0.6) is 0 Å². The highest BCUT2D eigenvalue weighted by atomic mass is 16.5. The van der Waals surface area contributed by atoms with E-state index < -0.39 is 0 Å². The minimum atomic E-state index is -0.389. The molecule has 2 aliphatic rings. The topological polar surface area (TPSA) is 73.6 Å². The fraction of sp³-hybridized carbons (Fsp3) is 0.917. The lowest BCUT2D eigenvalue weighted by molar-refractivity contribution is -0.133. The highest BCUT2D eigenvalue weighted by Crippen LogP contribution is 2.29. The molecule has 5 nitrogen and oxygen atoms in total. The summed E-state index contributed by atoms with van der Waals surface area (Å²) < 4.78 is 11.1. The summed E-state index contributed by atoms with van der Waals surface area (Å²) in [4.78, 5) is 11.2. The van der Waals surface area contributed by atoms with E-state index in [2.05, 4.69) is 5.43 Å². The van der Waals surface area contributed by atoms with E-state index >= 15 is 0 Å². The second kappa shape index (κ2) is 6.33. The van der Waals surface area contributed by atoms with Crippen molar-refractivity contribution >= 4 is 5.91 Å². The molecule has 1 aliphatic heterocycles.